The number of methoxy groups -OCH3 is 1. The summed E-state index contributed by atoms with van der Waals surface area (Å²) in [5.41, 5.74) is 16.6. The first-order valence-corrected chi connectivity index (χ1v) is 11.4. The minimum absolute atomic E-state index is 0.501. The van der Waals surface area contributed by atoms with Crippen molar-refractivity contribution in [2.75, 3.05) is 18.6 Å². The number of rotatable bonds is 5. The van der Waals surface area contributed by atoms with Crippen LogP contribution in [0.2, 0.25) is 5.02 Å². The van der Waals surface area contributed by atoms with Crippen molar-refractivity contribution in [3.8, 4) is 5.75 Å². The van der Waals surface area contributed by atoms with E-state index >= 15 is 0 Å². The zero-order valence-corrected chi connectivity index (χ0v) is 20.3. The van der Waals surface area contributed by atoms with E-state index in [1.165, 1.54) is 19.1 Å². The summed E-state index contributed by atoms with van der Waals surface area (Å²) in [5, 5.41) is 0.613. The van der Waals surface area contributed by atoms with E-state index in [0.29, 0.717) is 46.6 Å². The second-order valence-corrected chi connectivity index (χ2v) is 8.31. The molecule has 5 nitrogen and oxygen atoms in total. The van der Waals surface area contributed by atoms with E-state index in [2.05, 4.69) is 9.98 Å². The normalized spacial score (nSPS) is 16.2. The lowest BCUT2D eigenvalue weighted by Crippen LogP contribution is -2.01. The number of nitrogens with two attached hydrogens (primary N) is 2. The Hall–Kier alpha value is -2.60. The summed E-state index contributed by atoms with van der Waals surface area (Å²) in [6, 6.07) is 8.11. The number of halogens is 2. The second kappa shape index (κ2) is 11.3. The van der Waals surface area contributed by atoms with E-state index in [4.69, 9.17) is 27.8 Å². The van der Waals surface area contributed by atoms with Crippen LogP contribution in [-0.2, 0) is 0 Å². The largest absolute Gasteiger partial charge is 0.495 e. The Labute approximate surface area is 195 Å². The number of hydrogen-bond acceptors (Lipinski definition) is 5. The molecular formula is C25H34ClFN4O. The molecule has 2 aliphatic carbocycles. The molecule has 0 spiro atoms. The van der Waals surface area contributed by atoms with Crippen molar-refractivity contribution in [2.24, 2.45) is 9.98 Å². The lowest BCUT2D eigenvalue weighted by Gasteiger charge is -2.08. The van der Waals surface area contributed by atoms with Crippen LogP contribution in [0.1, 0.15) is 61.8 Å². The Morgan fingerprint density at radius 2 is 1.56 bits per heavy atom. The highest BCUT2D eigenvalue weighted by Gasteiger charge is 2.42. The van der Waals surface area contributed by atoms with E-state index < -0.39 is 5.79 Å². The van der Waals surface area contributed by atoms with Gasteiger partial charge in [0.05, 0.1) is 29.5 Å². The number of benzene rings is 2. The van der Waals surface area contributed by atoms with Gasteiger partial charge in [0.2, 0.25) is 0 Å². The van der Waals surface area contributed by atoms with Crippen molar-refractivity contribution in [2.45, 2.75) is 65.2 Å². The molecule has 174 valence electrons. The molecule has 0 saturated heterocycles. The number of aliphatic imine (C=N–C) groups is 2. The lowest BCUT2D eigenvalue weighted by molar-refractivity contribution is 0.325. The molecular weight excluding hydrogens is 427 g/mol. The first-order valence-electron chi connectivity index (χ1n) is 11.0. The molecule has 0 aliphatic heterocycles. The molecule has 2 saturated carbocycles. The molecule has 0 radical (unpaired) electrons. The minimum atomic E-state index is -1.34. The van der Waals surface area contributed by atoms with Gasteiger partial charge in [0.15, 0.2) is 5.79 Å². The molecule has 7 heteroatoms. The van der Waals surface area contributed by atoms with Gasteiger partial charge in [0.1, 0.15) is 5.75 Å². The third-order valence-electron chi connectivity index (χ3n) is 4.91. The zero-order chi connectivity index (χ0) is 23.9. The van der Waals surface area contributed by atoms with Gasteiger partial charge in [0, 0.05) is 36.4 Å². The molecule has 0 amide bonds. The number of ether oxygens (including phenoxy) is 1. The standard InChI is InChI=1S/C12H15FN2O.C11H13ClN2.C2H6/c1-8-5-9(7-15-12(13)3-4-12)11(14)10(6-8)16-2;1-7-4-8(6-14-9-2-3-9)11(13)10(12)5-7;1-2/h5-7H,3-4,14H2,1-2H3;4-6,9H,2-3,13H2,1H3;1-2H3/b15-7+;;. The van der Waals surface area contributed by atoms with Crippen molar-refractivity contribution in [1.29, 1.82) is 0 Å². The molecule has 0 bridgehead atoms. The summed E-state index contributed by atoms with van der Waals surface area (Å²) >= 11 is 5.96. The second-order valence-electron chi connectivity index (χ2n) is 7.91. The summed E-state index contributed by atoms with van der Waals surface area (Å²) in [7, 11) is 1.56. The number of alkyl halides is 1. The first-order chi connectivity index (χ1) is 15.2. The lowest BCUT2D eigenvalue weighted by atomic mass is 10.1. The predicted molar refractivity (Wildman–Crippen MR) is 135 cm³/mol. The fraction of sp³-hybridized carbons (Fsp3) is 0.440. The average molecular weight is 461 g/mol. The quantitative estimate of drug-likeness (QED) is 0.311. The summed E-state index contributed by atoms with van der Waals surface area (Å²) in [6.07, 6.45) is 6.76. The van der Waals surface area contributed by atoms with Gasteiger partial charge in [-0.3, -0.25) is 9.98 Å². The van der Waals surface area contributed by atoms with Crippen molar-refractivity contribution < 1.29 is 9.13 Å². The van der Waals surface area contributed by atoms with Crippen LogP contribution in [0.3, 0.4) is 0 Å². The summed E-state index contributed by atoms with van der Waals surface area (Å²) < 4.78 is 18.5. The Morgan fingerprint density at radius 1 is 1.00 bits per heavy atom. The highest BCUT2D eigenvalue weighted by Crippen LogP contribution is 2.41. The van der Waals surface area contributed by atoms with Crippen LogP contribution >= 0.6 is 11.6 Å². The van der Waals surface area contributed by atoms with Crippen LogP contribution in [0, 0.1) is 13.8 Å². The van der Waals surface area contributed by atoms with Gasteiger partial charge in [-0.2, -0.15) is 0 Å². The third kappa shape index (κ3) is 7.52. The van der Waals surface area contributed by atoms with Crippen LogP contribution in [0.25, 0.3) is 0 Å². The average Bonchev–Trinajstić information content (AvgIpc) is 3.70. The summed E-state index contributed by atoms with van der Waals surface area (Å²) in [5.74, 6) is -0.742. The molecule has 0 atom stereocenters. The smallest absolute Gasteiger partial charge is 0.200 e. The minimum Gasteiger partial charge on any atom is -0.495 e. The van der Waals surface area contributed by atoms with Gasteiger partial charge in [-0.25, -0.2) is 4.39 Å². The monoisotopic (exact) mass is 460 g/mol. The molecule has 32 heavy (non-hydrogen) atoms. The molecule has 4 rings (SSSR count). The maximum absolute atomic E-state index is 13.3. The van der Waals surface area contributed by atoms with Gasteiger partial charge < -0.3 is 16.2 Å². The van der Waals surface area contributed by atoms with Crippen molar-refractivity contribution >= 4 is 35.4 Å². The summed E-state index contributed by atoms with van der Waals surface area (Å²) in [4.78, 5) is 8.27. The Kier molecular flexibility index (Phi) is 9.08. The summed E-state index contributed by atoms with van der Waals surface area (Å²) in [6.45, 7) is 7.93. The number of hydrogen-bond donors (Lipinski definition) is 2. The molecule has 2 aromatic carbocycles. The van der Waals surface area contributed by atoms with Crippen LogP contribution in [0.5, 0.6) is 5.75 Å². The van der Waals surface area contributed by atoms with E-state index in [1.807, 2.05) is 58.2 Å². The van der Waals surface area contributed by atoms with Gasteiger partial charge in [-0.1, -0.05) is 25.4 Å². The van der Waals surface area contributed by atoms with Gasteiger partial charge in [-0.15, -0.1) is 0 Å². The van der Waals surface area contributed by atoms with Crippen molar-refractivity contribution in [3.63, 3.8) is 0 Å². The molecule has 0 heterocycles. The third-order valence-corrected chi connectivity index (χ3v) is 5.23. The number of nitrogen functional groups attached to an aromatic ring is 2. The topological polar surface area (TPSA) is 86.0 Å². The highest BCUT2D eigenvalue weighted by molar-refractivity contribution is 6.33. The Bertz CT molecular complexity index is 982. The SMILES string of the molecule is CC.COc1cc(C)cc(/C=N/C2(F)CC2)c1N.Cc1cc(Cl)c(N)c(C=NC2CC2)c1. The van der Waals surface area contributed by atoms with Gasteiger partial charge >= 0.3 is 0 Å². The van der Waals surface area contributed by atoms with E-state index in [1.54, 1.807) is 7.11 Å². The Morgan fingerprint density at radius 3 is 2.09 bits per heavy atom. The maximum Gasteiger partial charge on any atom is 0.200 e. The van der Waals surface area contributed by atoms with Crippen LogP contribution in [-0.4, -0.2) is 31.4 Å². The number of nitrogens with zero attached hydrogens (tertiary/aromatic N) is 2. The van der Waals surface area contributed by atoms with Gasteiger partial charge in [-0.05, 0) is 62.1 Å². The van der Waals surface area contributed by atoms with E-state index in [0.717, 1.165) is 16.7 Å². The van der Waals surface area contributed by atoms with E-state index in [9.17, 15) is 4.39 Å². The highest BCUT2D eigenvalue weighted by atomic mass is 35.5. The van der Waals surface area contributed by atoms with Crippen LogP contribution < -0.4 is 16.2 Å². The van der Waals surface area contributed by atoms with Gasteiger partial charge in [0.25, 0.3) is 0 Å². The first kappa shape index (κ1) is 25.7. The zero-order valence-electron chi connectivity index (χ0n) is 19.6. The van der Waals surface area contributed by atoms with Crippen molar-refractivity contribution in [3.05, 3.63) is 51.5 Å². The fourth-order valence-corrected chi connectivity index (χ4v) is 3.06. The van der Waals surface area contributed by atoms with Crippen LogP contribution in [0.15, 0.2) is 34.3 Å². The van der Waals surface area contributed by atoms with Crippen molar-refractivity contribution in [1.82, 2.24) is 0 Å². The molecule has 0 aromatic heterocycles. The molecule has 0 unspecified atom stereocenters. The maximum atomic E-state index is 13.3. The fourth-order valence-electron chi connectivity index (χ4n) is 2.78. The molecule has 2 aromatic rings. The van der Waals surface area contributed by atoms with Crippen LogP contribution in [0.4, 0.5) is 15.8 Å². The number of aryl methyl sites for hydroxylation is 2. The number of anilines is 2. The Balaban J connectivity index is 0.000000212. The molecule has 2 aliphatic rings. The van der Waals surface area contributed by atoms with E-state index in [-0.39, 0.29) is 0 Å². The molecule has 2 fully saturated rings. The molecule has 4 N–H and O–H groups in total. The predicted octanol–water partition coefficient (Wildman–Crippen LogP) is 6.30.